The molecule has 0 saturated carbocycles. The number of likely N-dealkylation sites (tertiary alicyclic amines) is 1. The van der Waals surface area contributed by atoms with E-state index in [2.05, 4.69) is 4.90 Å². The van der Waals surface area contributed by atoms with Gasteiger partial charge in [-0.15, -0.1) is 0 Å². The lowest BCUT2D eigenvalue weighted by Crippen LogP contribution is -2.41. The molecule has 2 N–H and O–H groups in total. The summed E-state index contributed by atoms with van der Waals surface area (Å²) in [5, 5.41) is 0.604. The number of nitrogens with two attached hydrogens (primary N) is 1. The van der Waals surface area contributed by atoms with Crippen LogP contribution in [-0.2, 0) is 0 Å². The van der Waals surface area contributed by atoms with Crippen LogP contribution in [0.1, 0.15) is 41.6 Å². The molecule has 1 unspecified atom stereocenters. The van der Waals surface area contributed by atoms with Crippen LogP contribution in [0.3, 0.4) is 0 Å². The van der Waals surface area contributed by atoms with E-state index in [1.54, 1.807) is 17.9 Å². The summed E-state index contributed by atoms with van der Waals surface area (Å²) in [6, 6.07) is 4.34. The zero-order valence-electron chi connectivity index (χ0n) is 19.2. The molecule has 1 fully saturated rings. The van der Waals surface area contributed by atoms with Crippen molar-refractivity contribution in [2.75, 3.05) is 26.2 Å². The highest BCUT2D eigenvalue weighted by Gasteiger charge is 2.34. The molecule has 34 heavy (non-hydrogen) atoms. The largest absolute Gasteiger partial charge is 0.369 e. The van der Waals surface area contributed by atoms with E-state index >= 15 is 0 Å². The Morgan fingerprint density at radius 3 is 2.71 bits per heavy atom. The van der Waals surface area contributed by atoms with Gasteiger partial charge in [0, 0.05) is 60.5 Å². The van der Waals surface area contributed by atoms with E-state index in [1.807, 2.05) is 6.08 Å². The van der Waals surface area contributed by atoms with Gasteiger partial charge >= 0.3 is 0 Å². The maximum atomic E-state index is 14.6. The highest BCUT2D eigenvalue weighted by Crippen LogP contribution is 2.35. The standard InChI is InChI=1S/C26H29ClF3N3O/c1-16-10-17(4-7-24(16)29)26(34)32-9-8-22(15-32)33(14-19-2-5-20(28)11-25(19)30)21-6-3-18(13-31)23(27)12-21/h4-5,7,10-12,19,22H,2-3,6,8-9,13-15,31H2,1H3/t19?,22-/m0/s1. The second kappa shape index (κ2) is 10.4. The highest BCUT2D eigenvalue weighted by atomic mass is 35.5. The number of carbonyl (C=O) groups is 1. The predicted octanol–water partition coefficient (Wildman–Crippen LogP) is 5.51. The van der Waals surface area contributed by atoms with Gasteiger partial charge in [-0.1, -0.05) is 11.6 Å². The second-order valence-electron chi connectivity index (χ2n) is 9.15. The number of allylic oxidation sites excluding steroid dienone is 6. The first-order valence-electron chi connectivity index (χ1n) is 11.6. The van der Waals surface area contributed by atoms with Crippen LogP contribution in [0, 0.1) is 18.7 Å². The number of hydrogen-bond donors (Lipinski definition) is 1. The molecule has 1 heterocycles. The predicted molar refractivity (Wildman–Crippen MR) is 128 cm³/mol. The van der Waals surface area contributed by atoms with Crippen molar-refractivity contribution in [3.05, 3.63) is 81.3 Å². The fourth-order valence-electron chi connectivity index (χ4n) is 4.86. The van der Waals surface area contributed by atoms with Crippen molar-refractivity contribution < 1.29 is 18.0 Å². The summed E-state index contributed by atoms with van der Waals surface area (Å²) in [6.07, 6.45) is 6.66. The highest BCUT2D eigenvalue weighted by molar-refractivity contribution is 6.31. The lowest BCUT2D eigenvalue weighted by molar-refractivity contribution is 0.0778. The van der Waals surface area contributed by atoms with Crippen LogP contribution in [0.4, 0.5) is 13.2 Å². The van der Waals surface area contributed by atoms with Gasteiger partial charge in [-0.25, -0.2) is 13.2 Å². The molecule has 182 valence electrons. The summed E-state index contributed by atoms with van der Waals surface area (Å²) in [4.78, 5) is 17.0. The molecule has 4 nitrogen and oxygen atoms in total. The van der Waals surface area contributed by atoms with Gasteiger partial charge in [-0.05, 0) is 74.1 Å². The summed E-state index contributed by atoms with van der Waals surface area (Å²) in [5.74, 6) is -1.99. The Bertz CT molecular complexity index is 1090. The monoisotopic (exact) mass is 491 g/mol. The molecule has 1 aliphatic heterocycles. The van der Waals surface area contributed by atoms with E-state index in [0.717, 1.165) is 23.8 Å². The topological polar surface area (TPSA) is 49.6 Å². The van der Waals surface area contributed by atoms with Gasteiger partial charge in [0.1, 0.15) is 17.5 Å². The molecule has 8 heteroatoms. The zero-order chi connectivity index (χ0) is 24.4. The number of hydrogen-bond acceptors (Lipinski definition) is 3. The van der Waals surface area contributed by atoms with Gasteiger partial charge < -0.3 is 15.5 Å². The van der Waals surface area contributed by atoms with Crippen LogP contribution < -0.4 is 5.73 Å². The van der Waals surface area contributed by atoms with E-state index in [1.165, 1.54) is 18.2 Å². The van der Waals surface area contributed by atoms with Crippen molar-refractivity contribution in [1.82, 2.24) is 9.80 Å². The number of nitrogens with zero attached hydrogens (tertiary/aromatic N) is 2. The van der Waals surface area contributed by atoms with E-state index in [0.29, 0.717) is 55.2 Å². The summed E-state index contributed by atoms with van der Waals surface area (Å²) in [5.41, 5.74) is 8.62. The van der Waals surface area contributed by atoms with Crippen LogP contribution >= 0.6 is 11.6 Å². The van der Waals surface area contributed by atoms with Gasteiger partial charge in [-0.3, -0.25) is 4.79 Å². The van der Waals surface area contributed by atoms with Gasteiger partial charge in [0.25, 0.3) is 5.91 Å². The van der Waals surface area contributed by atoms with Crippen molar-refractivity contribution in [3.63, 3.8) is 0 Å². The van der Waals surface area contributed by atoms with Crippen molar-refractivity contribution in [3.8, 4) is 0 Å². The van der Waals surface area contributed by atoms with Crippen molar-refractivity contribution in [1.29, 1.82) is 0 Å². The minimum Gasteiger partial charge on any atom is -0.369 e. The van der Waals surface area contributed by atoms with Gasteiger partial charge in [0.2, 0.25) is 0 Å². The number of aryl methyl sites for hydroxylation is 1. The van der Waals surface area contributed by atoms with Gasteiger partial charge in [-0.2, -0.15) is 0 Å². The fraction of sp³-hybridized carbons (Fsp3) is 0.423. The maximum Gasteiger partial charge on any atom is 0.253 e. The molecule has 2 aliphatic carbocycles. The molecule has 3 aliphatic rings. The summed E-state index contributed by atoms with van der Waals surface area (Å²) < 4.78 is 41.7. The molecular formula is C26H29ClF3N3O. The van der Waals surface area contributed by atoms with Crippen LogP contribution in [0.15, 0.2) is 64.4 Å². The molecular weight excluding hydrogens is 463 g/mol. The SMILES string of the molecule is Cc1cc(C(=O)N2CC[C@H](N(CC3CC=C(F)C=C3F)C3=CC(Cl)=C(CN)CC3)C2)ccc1F. The normalized spacial score (nSPS) is 23.0. The molecule has 1 saturated heterocycles. The number of amides is 1. The van der Waals surface area contributed by atoms with Gasteiger partial charge in [0.05, 0.1) is 0 Å². The number of benzene rings is 1. The quantitative estimate of drug-likeness (QED) is 0.571. The Kier molecular flexibility index (Phi) is 7.53. The Labute approximate surface area is 203 Å². The molecule has 0 aromatic heterocycles. The van der Waals surface area contributed by atoms with Crippen molar-refractivity contribution >= 4 is 17.5 Å². The van der Waals surface area contributed by atoms with Gasteiger partial charge in [0.15, 0.2) is 0 Å². The first kappa shape index (κ1) is 24.6. The summed E-state index contributed by atoms with van der Waals surface area (Å²) >= 11 is 6.46. The van der Waals surface area contributed by atoms with E-state index in [-0.39, 0.29) is 24.2 Å². The minimum absolute atomic E-state index is 0.0378. The summed E-state index contributed by atoms with van der Waals surface area (Å²) in [7, 11) is 0. The Balaban J connectivity index is 1.55. The second-order valence-corrected chi connectivity index (χ2v) is 9.56. The lowest BCUT2D eigenvalue weighted by Gasteiger charge is -2.37. The number of rotatable bonds is 6. The average molecular weight is 492 g/mol. The number of halogens is 4. The smallest absolute Gasteiger partial charge is 0.253 e. The Morgan fingerprint density at radius 2 is 2.03 bits per heavy atom. The maximum absolute atomic E-state index is 14.6. The summed E-state index contributed by atoms with van der Waals surface area (Å²) in [6.45, 7) is 3.38. The minimum atomic E-state index is -0.553. The molecule has 0 bridgehead atoms. The molecule has 1 amide bonds. The molecule has 1 aromatic carbocycles. The van der Waals surface area contributed by atoms with Crippen LogP contribution in [0.25, 0.3) is 0 Å². The molecule has 4 rings (SSSR count). The molecule has 2 atom stereocenters. The Morgan fingerprint density at radius 1 is 1.24 bits per heavy atom. The van der Waals surface area contributed by atoms with Crippen molar-refractivity contribution in [2.24, 2.45) is 11.7 Å². The zero-order valence-corrected chi connectivity index (χ0v) is 19.9. The Hall–Kier alpha value is -2.51. The third-order valence-electron chi connectivity index (χ3n) is 6.91. The van der Waals surface area contributed by atoms with Crippen LogP contribution in [0.2, 0.25) is 0 Å². The molecule has 1 aromatic rings. The van der Waals surface area contributed by atoms with E-state index in [9.17, 15) is 18.0 Å². The average Bonchev–Trinajstić information content (AvgIpc) is 3.30. The van der Waals surface area contributed by atoms with Crippen LogP contribution in [-0.4, -0.2) is 47.9 Å². The first-order chi connectivity index (χ1) is 16.3. The fourth-order valence-corrected chi connectivity index (χ4v) is 5.16. The van der Waals surface area contributed by atoms with Crippen molar-refractivity contribution in [2.45, 2.75) is 38.6 Å². The number of carbonyl (C=O) groups excluding carboxylic acids is 1. The first-order valence-corrected chi connectivity index (χ1v) is 12.0. The third kappa shape index (κ3) is 5.26. The molecule has 0 radical (unpaired) electrons. The molecule has 0 spiro atoms. The van der Waals surface area contributed by atoms with Crippen LogP contribution in [0.5, 0.6) is 0 Å². The van der Waals surface area contributed by atoms with E-state index in [4.69, 9.17) is 17.3 Å². The third-order valence-corrected chi connectivity index (χ3v) is 7.28. The van der Waals surface area contributed by atoms with E-state index < -0.39 is 17.6 Å². The lowest BCUT2D eigenvalue weighted by atomic mass is 9.95.